The molecule has 0 spiro atoms. The fourth-order valence-corrected chi connectivity index (χ4v) is 3.48. The van der Waals surface area contributed by atoms with Crippen molar-refractivity contribution in [2.24, 2.45) is 5.92 Å². The predicted molar refractivity (Wildman–Crippen MR) is 85.3 cm³/mol. The maximum absolute atomic E-state index is 12.3. The Labute approximate surface area is 132 Å². The summed E-state index contributed by atoms with van der Waals surface area (Å²) in [4.78, 5) is 27.9. The molecule has 0 N–H and O–H groups in total. The smallest absolute Gasteiger partial charge is 0.312 e. The van der Waals surface area contributed by atoms with Gasteiger partial charge in [-0.25, -0.2) is 0 Å². The lowest BCUT2D eigenvalue weighted by Crippen LogP contribution is -2.47. The van der Waals surface area contributed by atoms with Crippen LogP contribution in [0.1, 0.15) is 31.2 Å². The number of rotatable bonds is 2. The zero-order valence-corrected chi connectivity index (χ0v) is 13.0. The number of hydrogen-bond donors (Lipinski definition) is 0. The molecular formula is C18H24N2O2. The normalized spacial score (nSPS) is 19.5. The summed E-state index contributed by atoms with van der Waals surface area (Å²) in [7, 11) is 0. The zero-order chi connectivity index (χ0) is 15.4. The van der Waals surface area contributed by atoms with E-state index in [1.54, 1.807) is 9.80 Å². The van der Waals surface area contributed by atoms with Gasteiger partial charge in [-0.15, -0.1) is 0 Å². The first-order valence-corrected chi connectivity index (χ1v) is 8.36. The highest BCUT2D eigenvalue weighted by molar-refractivity contribution is 6.34. The summed E-state index contributed by atoms with van der Waals surface area (Å²) in [6.45, 7) is 2.93. The van der Waals surface area contributed by atoms with E-state index < -0.39 is 0 Å². The van der Waals surface area contributed by atoms with Crippen LogP contribution in [-0.4, -0.2) is 47.8 Å². The number of hydrogen-bond acceptors (Lipinski definition) is 2. The SMILES string of the molecule is O=C(C(=O)N1CCC(Cc2ccccc2)CC1)N1CCCC1. The van der Waals surface area contributed by atoms with Gasteiger partial charge in [0.25, 0.3) is 0 Å². The standard InChI is InChI=1S/C18H24N2O2/c21-17(19-10-4-5-11-19)18(22)20-12-8-16(9-13-20)14-15-6-2-1-3-7-15/h1-3,6-7,16H,4-5,8-14H2. The van der Waals surface area contributed by atoms with Gasteiger partial charge in [0.2, 0.25) is 0 Å². The molecule has 2 fully saturated rings. The number of amides is 2. The van der Waals surface area contributed by atoms with Crippen molar-refractivity contribution in [3.05, 3.63) is 35.9 Å². The quantitative estimate of drug-likeness (QED) is 0.785. The molecule has 0 bridgehead atoms. The summed E-state index contributed by atoms with van der Waals surface area (Å²) in [6.07, 6.45) is 5.11. The second kappa shape index (κ2) is 6.95. The van der Waals surface area contributed by atoms with Gasteiger partial charge in [0, 0.05) is 26.2 Å². The van der Waals surface area contributed by atoms with Crippen LogP contribution in [0.5, 0.6) is 0 Å². The number of carbonyl (C=O) groups excluding carboxylic acids is 2. The van der Waals surface area contributed by atoms with Gasteiger partial charge < -0.3 is 9.80 Å². The Morgan fingerprint density at radius 2 is 1.41 bits per heavy atom. The summed E-state index contributed by atoms with van der Waals surface area (Å²) >= 11 is 0. The first-order chi connectivity index (χ1) is 10.7. The first kappa shape index (κ1) is 15.1. The largest absolute Gasteiger partial charge is 0.334 e. The first-order valence-electron chi connectivity index (χ1n) is 8.36. The van der Waals surface area contributed by atoms with E-state index in [1.807, 2.05) is 6.07 Å². The minimum Gasteiger partial charge on any atom is -0.334 e. The van der Waals surface area contributed by atoms with E-state index in [9.17, 15) is 9.59 Å². The van der Waals surface area contributed by atoms with E-state index in [-0.39, 0.29) is 11.8 Å². The molecule has 0 radical (unpaired) electrons. The van der Waals surface area contributed by atoms with Crippen LogP contribution in [-0.2, 0) is 16.0 Å². The van der Waals surface area contributed by atoms with E-state index in [1.165, 1.54) is 5.56 Å². The molecule has 1 aromatic carbocycles. The molecule has 118 valence electrons. The lowest BCUT2D eigenvalue weighted by atomic mass is 9.90. The van der Waals surface area contributed by atoms with Gasteiger partial charge in [0.15, 0.2) is 0 Å². The summed E-state index contributed by atoms with van der Waals surface area (Å²) in [5, 5.41) is 0. The highest BCUT2D eigenvalue weighted by Crippen LogP contribution is 2.22. The number of likely N-dealkylation sites (tertiary alicyclic amines) is 2. The van der Waals surface area contributed by atoms with Crippen LogP contribution >= 0.6 is 0 Å². The molecule has 0 unspecified atom stereocenters. The third kappa shape index (κ3) is 3.49. The van der Waals surface area contributed by atoms with E-state index in [2.05, 4.69) is 24.3 Å². The molecule has 2 saturated heterocycles. The lowest BCUT2D eigenvalue weighted by Gasteiger charge is -2.32. The Kier molecular flexibility index (Phi) is 4.76. The highest BCUT2D eigenvalue weighted by atomic mass is 16.2. The molecule has 2 amide bonds. The molecule has 0 aliphatic carbocycles. The van der Waals surface area contributed by atoms with Crippen LogP contribution in [0, 0.1) is 5.92 Å². The Hall–Kier alpha value is -1.84. The molecule has 2 aliphatic heterocycles. The van der Waals surface area contributed by atoms with Gasteiger partial charge in [-0.05, 0) is 43.6 Å². The fraction of sp³-hybridized carbons (Fsp3) is 0.556. The van der Waals surface area contributed by atoms with Crippen molar-refractivity contribution in [3.8, 4) is 0 Å². The van der Waals surface area contributed by atoms with Crippen molar-refractivity contribution >= 4 is 11.8 Å². The van der Waals surface area contributed by atoms with E-state index >= 15 is 0 Å². The lowest BCUT2D eigenvalue weighted by molar-refractivity contribution is -0.152. The average molecular weight is 300 g/mol. The number of carbonyl (C=O) groups is 2. The highest BCUT2D eigenvalue weighted by Gasteiger charge is 2.31. The van der Waals surface area contributed by atoms with Crippen molar-refractivity contribution in [2.45, 2.75) is 32.1 Å². The molecule has 0 atom stereocenters. The van der Waals surface area contributed by atoms with Crippen LogP contribution in [0.4, 0.5) is 0 Å². The Morgan fingerprint density at radius 3 is 2.00 bits per heavy atom. The van der Waals surface area contributed by atoms with Crippen LogP contribution < -0.4 is 0 Å². The molecule has 22 heavy (non-hydrogen) atoms. The molecular weight excluding hydrogens is 276 g/mol. The van der Waals surface area contributed by atoms with Gasteiger partial charge >= 0.3 is 11.8 Å². The monoisotopic (exact) mass is 300 g/mol. The minimum atomic E-state index is -0.293. The van der Waals surface area contributed by atoms with E-state index in [0.717, 1.165) is 58.3 Å². The van der Waals surface area contributed by atoms with E-state index in [0.29, 0.717) is 5.92 Å². The van der Waals surface area contributed by atoms with Crippen molar-refractivity contribution in [3.63, 3.8) is 0 Å². The Bertz CT molecular complexity index is 515. The molecule has 4 nitrogen and oxygen atoms in total. The van der Waals surface area contributed by atoms with Crippen LogP contribution in [0.2, 0.25) is 0 Å². The Morgan fingerprint density at radius 1 is 0.864 bits per heavy atom. The zero-order valence-electron chi connectivity index (χ0n) is 13.0. The van der Waals surface area contributed by atoms with Gasteiger partial charge in [-0.3, -0.25) is 9.59 Å². The number of piperidine rings is 1. The summed E-state index contributed by atoms with van der Waals surface area (Å²) < 4.78 is 0. The molecule has 2 aliphatic rings. The average Bonchev–Trinajstić information content (AvgIpc) is 3.10. The van der Waals surface area contributed by atoms with Crippen molar-refractivity contribution in [1.29, 1.82) is 0 Å². The fourth-order valence-electron chi connectivity index (χ4n) is 3.48. The number of nitrogens with zero attached hydrogens (tertiary/aromatic N) is 2. The van der Waals surface area contributed by atoms with Crippen LogP contribution in [0.15, 0.2) is 30.3 Å². The van der Waals surface area contributed by atoms with Gasteiger partial charge in [-0.2, -0.15) is 0 Å². The Balaban J connectivity index is 1.48. The van der Waals surface area contributed by atoms with Crippen LogP contribution in [0.25, 0.3) is 0 Å². The second-order valence-corrected chi connectivity index (χ2v) is 6.42. The summed E-state index contributed by atoms with van der Waals surface area (Å²) in [5.74, 6) is 0.0346. The van der Waals surface area contributed by atoms with Gasteiger partial charge in [0.05, 0.1) is 0 Å². The summed E-state index contributed by atoms with van der Waals surface area (Å²) in [6, 6.07) is 10.5. The topological polar surface area (TPSA) is 40.6 Å². The van der Waals surface area contributed by atoms with Gasteiger partial charge in [0.1, 0.15) is 0 Å². The van der Waals surface area contributed by atoms with Crippen LogP contribution in [0.3, 0.4) is 0 Å². The predicted octanol–water partition coefficient (Wildman–Crippen LogP) is 2.09. The van der Waals surface area contributed by atoms with Crippen molar-refractivity contribution in [1.82, 2.24) is 9.80 Å². The molecule has 0 aromatic heterocycles. The van der Waals surface area contributed by atoms with Crippen molar-refractivity contribution in [2.75, 3.05) is 26.2 Å². The number of benzene rings is 1. The third-order valence-corrected chi connectivity index (χ3v) is 4.85. The molecule has 1 aromatic rings. The maximum Gasteiger partial charge on any atom is 0.312 e. The van der Waals surface area contributed by atoms with E-state index in [4.69, 9.17) is 0 Å². The van der Waals surface area contributed by atoms with Gasteiger partial charge in [-0.1, -0.05) is 30.3 Å². The minimum absolute atomic E-state index is 0.292. The second-order valence-electron chi connectivity index (χ2n) is 6.42. The molecule has 3 rings (SSSR count). The molecule has 0 saturated carbocycles. The molecule has 4 heteroatoms. The van der Waals surface area contributed by atoms with Crippen molar-refractivity contribution < 1.29 is 9.59 Å². The summed E-state index contributed by atoms with van der Waals surface area (Å²) in [5.41, 5.74) is 1.36. The maximum atomic E-state index is 12.3. The molecule has 2 heterocycles. The third-order valence-electron chi connectivity index (χ3n) is 4.85.